The van der Waals surface area contributed by atoms with Crippen molar-refractivity contribution < 1.29 is 9.21 Å². The number of hydrogen-bond donors (Lipinski definition) is 4. The first-order valence-corrected chi connectivity index (χ1v) is 7.63. The van der Waals surface area contributed by atoms with Crippen molar-refractivity contribution in [3.05, 3.63) is 65.9 Å². The molecule has 0 fully saturated rings. The topological polar surface area (TPSA) is 118 Å². The van der Waals surface area contributed by atoms with Crippen LogP contribution in [0.5, 0.6) is 0 Å². The summed E-state index contributed by atoms with van der Waals surface area (Å²) in [6.45, 7) is 2.61. The third kappa shape index (κ3) is 4.05. The molecular formula is C17H18N6O2. The third-order valence-corrected chi connectivity index (χ3v) is 3.50. The summed E-state index contributed by atoms with van der Waals surface area (Å²) in [7, 11) is 0. The van der Waals surface area contributed by atoms with Crippen LogP contribution in [0, 0.1) is 6.92 Å². The lowest BCUT2D eigenvalue weighted by atomic mass is 10.1. The summed E-state index contributed by atoms with van der Waals surface area (Å²) in [5.74, 6) is 0.515. The molecule has 0 unspecified atom stereocenters. The highest BCUT2D eigenvalue weighted by Gasteiger charge is 2.11. The number of nitrogens with one attached hydrogen (secondary N) is 3. The lowest BCUT2D eigenvalue weighted by molar-refractivity contribution is 0.0935. The summed E-state index contributed by atoms with van der Waals surface area (Å²) in [5.41, 5.74) is 13.8. The molecule has 3 aromatic rings. The van der Waals surface area contributed by atoms with Crippen LogP contribution in [0.4, 0.5) is 17.3 Å². The predicted octanol–water partition coefficient (Wildman–Crippen LogP) is 2.33. The Balaban J connectivity index is 1.63. The normalized spacial score (nSPS) is 10.3. The molecule has 128 valence electrons. The van der Waals surface area contributed by atoms with E-state index in [9.17, 15) is 4.79 Å². The number of carbonyl (C=O) groups is 1. The summed E-state index contributed by atoms with van der Waals surface area (Å²) in [6.07, 6.45) is 2.77. The molecule has 0 saturated carbocycles. The van der Waals surface area contributed by atoms with E-state index in [-0.39, 0.29) is 5.76 Å². The van der Waals surface area contributed by atoms with Gasteiger partial charge in [0.1, 0.15) is 12.0 Å². The molecule has 1 amide bonds. The predicted molar refractivity (Wildman–Crippen MR) is 94.7 cm³/mol. The first-order valence-electron chi connectivity index (χ1n) is 7.63. The van der Waals surface area contributed by atoms with Crippen LogP contribution in [0.1, 0.15) is 21.7 Å². The Kier molecular flexibility index (Phi) is 4.79. The van der Waals surface area contributed by atoms with E-state index in [0.29, 0.717) is 23.9 Å². The minimum absolute atomic E-state index is 0.179. The minimum atomic E-state index is -0.433. The zero-order valence-corrected chi connectivity index (χ0v) is 13.6. The van der Waals surface area contributed by atoms with Crippen molar-refractivity contribution in [2.75, 3.05) is 16.5 Å². The van der Waals surface area contributed by atoms with Gasteiger partial charge in [-0.1, -0.05) is 29.8 Å². The molecule has 0 spiro atoms. The van der Waals surface area contributed by atoms with Crippen molar-refractivity contribution in [1.82, 2.24) is 15.4 Å². The number of nitrogens with two attached hydrogens (primary N) is 1. The van der Waals surface area contributed by atoms with Gasteiger partial charge in [-0.15, -0.1) is 0 Å². The lowest BCUT2D eigenvalue weighted by Gasteiger charge is -2.12. The molecule has 5 N–H and O–H groups in total. The molecule has 0 aliphatic carbocycles. The number of amides is 1. The number of carbonyl (C=O) groups excluding carboxylic acids is 1. The Hall–Kier alpha value is -3.55. The molecule has 0 saturated heterocycles. The maximum Gasteiger partial charge on any atom is 0.305 e. The van der Waals surface area contributed by atoms with Gasteiger partial charge in [0.2, 0.25) is 0 Å². The second-order valence-electron chi connectivity index (χ2n) is 5.38. The molecule has 0 atom stereocenters. The number of nitrogen functional groups attached to an aromatic ring is 1. The van der Waals surface area contributed by atoms with Gasteiger partial charge in [-0.05, 0) is 24.6 Å². The second-order valence-corrected chi connectivity index (χ2v) is 5.38. The molecule has 0 aliphatic heterocycles. The van der Waals surface area contributed by atoms with E-state index < -0.39 is 5.91 Å². The Labute approximate surface area is 144 Å². The SMILES string of the molecule is Cc1ccc(CNc2ncnc(NNC(=O)c3ccco3)c2N)cc1. The van der Waals surface area contributed by atoms with E-state index in [1.165, 1.54) is 18.2 Å². The van der Waals surface area contributed by atoms with E-state index >= 15 is 0 Å². The second kappa shape index (κ2) is 7.35. The van der Waals surface area contributed by atoms with Crippen LogP contribution in [-0.4, -0.2) is 15.9 Å². The highest BCUT2D eigenvalue weighted by atomic mass is 16.3. The number of furan rings is 1. The van der Waals surface area contributed by atoms with Crippen molar-refractivity contribution in [3.63, 3.8) is 0 Å². The molecule has 3 rings (SSSR count). The van der Waals surface area contributed by atoms with Gasteiger partial charge in [-0.3, -0.25) is 15.6 Å². The van der Waals surface area contributed by atoms with Crippen molar-refractivity contribution >= 4 is 23.2 Å². The summed E-state index contributed by atoms with van der Waals surface area (Å²) >= 11 is 0. The van der Waals surface area contributed by atoms with Gasteiger partial charge in [0.25, 0.3) is 0 Å². The molecule has 8 nitrogen and oxygen atoms in total. The first-order chi connectivity index (χ1) is 12.1. The average Bonchev–Trinajstić information content (AvgIpc) is 3.16. The van der Waals surface area contributed by atoms with E-state index in [1.807, 2.05) is 31.2 Å². The smallest absolute Gasteiger partial charge is 0.305 e. The number of hydrogen-bond acceptors (Lipinski definition) is 7. The van der Waals surface area contributed by atoms with Crippen LogP contribution < -0.4 is 21.9 Å². The van der Waals surface area contributed by atoms with Crippen LogP contribution >= 0.6 is 0 Å². The number of aromatic nitrogens is 2. The zero-order valence-electron chi connectivity index (χ0n) is 13.6. The van der Waals surface area contributed by atoms with Gasteiger partial charge >= 0.3 is 5.91 Å². The summed E-state index contributed by atoms with van der Waals surface area (Å²) in [6, 6.07) is 11.3. The van der Waals surface area contributed by atoms with Gasteiger partial charge < -0.3 is 15.5 Å². The van der Waals surface area contributed by atoms with Gasteiger partial charge in [-0.25, -0.2) is 9.97 Å². The van der Waals surface area contributed by atoms with E-state index in [4.69, 9.17) is 10.2 Å². The molecule has 0 bridgehead atoms. The number of hydrazine groups is 1. The molecule has 8 heteroatoms. The van der Waals surface area contributed by atoms with Gasteiger partial charge in [0.05, 0.1) is 6.26 Å². The van der Waals surface area contributed by atoms with Crippen LogP contribution in [0.15, 0.2) is 53.4 Å². The van der Waals surface area contributed by atoms with E-state index in [0.717, 1.165) is 5.56 Å². The molecule has 0 aliphatic rings. The van der Waals surface area contributed by atoms with Crippen molar-refractivity contribution in [2.24, 2.45) is 0 Å². The maximum absolute atomic E-state index is 11.8. The molecule has 25 heavy (non-hydrogen) atoms. The van der Waals surface area contributed by atoms with Gasteiger partial charge in [-0.2, -0.15) is 0 Å². The van der Waals surface area contributed by atoms with Crippen LogP contribution in [-0.2, 0) is 6.54 Å². The summed E-state index contributed by atoms with van der Waals surface area (Å²) < 4.78 is 5.01. The van der Waals surface area contributed by atoms with Gasteiger partial charge in [0.15, 0.2) is 17.4 Å². The number of benzene rings is 1. The Morgan fingerprint density at radius 2 is 1.92 bits per heavy atom. The summed E-state index contributed by atoms with van der Waals surface area (Å²) in [5, 5.41) is 3.16. The minimum Gasteiger partial charge on any atom is -0.459 e. The number of aryl methyl sites for hydroxylation is 1. The largest absolute Gasteiger partial charge is 0.459 e. The quantitative estimate of drug-likeness (QED) is 0.509. The van der Waals surface area contributed by atoms with Crippen LogP contribution in [0.2, 0.25) is 0 Å². The highest BCUT2D eigenvalue weighted by Crippen LogP contribution is 2.22. The number of nitrogens with zero attached hydrogens (tertiary/aromatic N) is 2. The fourth-order valence-electron chi connectivity index (χ4n) is 2.11. The van der Waals surface area contributed by atoms with Crippen LogP contribution in [0.3, 0.4) is 0 Å². The lowest BCUT2D eigenvalue weighted by Crippen LogP contribution is -2.30. The van der Waals surface area contributed by atoms with Gasteiger partial charge in [0, 0.05) is 6.54 Å². The van der Waals surface area contributed by atoms with Crippen molar-refractivity contribution in [1.29, 1.82) is 0 Å². The first kappa shape index (κ1) is 16.3. The maximum atomic E-state index is 11.8. The Morgan fingerprint density at radius 1 is 1.16 bits per heavy atom. The molecule has 2 heterocycles. The van der Waals surface area contributed by atoms with Crippen LogP contribution in [0.25, 0.3) is 0 Å². The average molecular weight is 338 g/mol. The number of anilines is 3. The fraction of sp³-hybridized carbons (Fsp3) is 0.118. The third-order valence-electron chi connectivity index (χ3n) is 3.50. The molecular weight excluding hydrogens is 320 g/mol. The highest BCUT2D eigenvalue weighted by molar-refractivity contribution is 5.92. The van der Waals surface area contributed by atoms with Crippen molar-refractivity contribution in [2.45, 2.75) is 13.5 Å². The summed E-state index contributed by atoms with van der Waals surface area (Å²) in [4.78, 5) is 20.0. The Morgan fingerprint density at radius 3 is 2.64 bits per heavy atom. The monoisotopic (exact) mass is 338 g/mol. The molecule has 1 aromatic carbocycles. The molecule has 2 aromatic heterocycles. The van der Waals surface area contributed by atoms with Crippen molar-refractivity contribution in [3.8, 4) is 0 Å². The Bertz CT molecular complexity index is 846. The molecule has 0 radical (unpaired) electrons. The standard InChI is InChI=1S/C17H18N6O2/c1-11-4-6-12(7-5-11)9-19-15-14(18)16(21-10-20-15)22-23-17(24)13-3-2-8-25-13/h2-8,10H,9,18H2,1H3,(H,23,24)(H2,19,20,21,22). The van der Waals surface area contributed by atoms with E-state index in [1.54, 1.807) is 12.1 Å². The van der Waals surface area contributed by atoms with E-state index in [2.05, 4.69) is 26.1 Å². The fourth-order valence-corrected chi connectivity index (χ4v) is 2.11. The number of rotatable bonds is 6. The zero-order chi connectivity index (χ0) is 17.6.